The molecule has 3 heterocycles. The quantitative estimate of drug-likeness (QED) is 0.265. The smallest absolute Gasteiger partial charge is 0.303 e. The third-order valence-electron chi connectivity index (χ3n) is 6.10. The highest BCUT2D eigenvalue weighted by atomic mass is 32.1. The van der Waals surface area contributed by atoms with E-state index in [0.717, 1.165) is 5.56 Å². The van der Waals surface area contributed by atoms with E-state index in [1.165, 1.54) is 27.1 Å². The Bertz CT molecular complexity index is 1160. The Kier molecular flexibility index (Phi) is 8.48. The summed E-state index contributed by atoms with van der Waals surface area (Å²) in [6.07, 6.45) is -2.83. The molecule has 1 aromatic rings. The van der Waals surface area contributed by atoms with Gasteiger partial charge in [-0.3, -0.25) is 24.6 Å². The van der Waals surface area contributed by atoms with Gasteiger partial charge < -0.3 is 18.9 Å². The highest BCUT2D eigenvalue weighted by molar-refractivity contribution is 7.83. The highest BCUT2D eigenvalue weighted by Crippen LogP contribution is 2.37. The van der Waals surface area contributed by atoms with E-state index in [1.54, 1.807) is 4.90 Å². The molecule has 0 aromatic heterocycles. The van der Waals surface area contributed by atoms with Crippen molar-refractivity contribution in [2.45, 2.75) is 69.8 Å². The molecule has 0 bridgehead atoms. The summed E-state index contributed by atoms with van der Waals surface area (Å²) >= 11 is 4.93. The summed E-state index contributed by atoms with van der Waals surface area (Å²) < 4.78 is 22.6. The average Bonchev–Trinajstić information content (AvgIpc) is 3.36. The molecule has 0 aliphatic carbocycles. The number of benzene rings is 1. The highest BCUT2D eigenvalue weighted by Gasteiger charge is 2.57. The van der Waals surface area contributed by atoms with Gasteiger partial charge in [0, 0.05) is 27.2 Å². The van der Waals surface area contributed by atoms with Gasteiger partial charge in [-0.1, -0.05) is 37.3 Å². The fraction of sp³-hybridized carbons (Fsp3) is 0.520. The Morgan fingerprint density at radius 1 is 1.08 bits per heavy atom. The molecule has 3 aliphatic rings. The Morgan fingerprint density at radius 3 is 2.39 bits per heavy atom. The molecule has 1 aromatic carbocycles. The second-order valence-corrected chi connectivity index (χ2v) is 9.75. The number of nitrogens with zero attached hydrogens (tertiary/aromatic N) is 4. The normalized spacial score (nSPS) is 29.8. The van der Waals surface area contributed by atoms with E-state index in [1.807, 2.05) is 37.3 Å². The number of carbonyl (C=O) groups excluding carboxylic acids is 3. The van der Waals surface area contributed by atoms with Crippen molar-refractivity contribution in [3.63, 3.8) is 0 Å². The molecular weight excluding hydrogens is 514 g/mol. The van der Waals surface area contributed by atoms with Gasteiger partial charge >= 0.3 is 17.9 Å². The minimum absolute atomic E-state index is 0.215. The Morgan fingerprint density at radius 2 is 1.76 bits per heavy atom. The second kappa shape index (κ2) is 11.6. The second-order valence-electron chi connectivity index (χ2n) is 9.01. The molecular formula is C25H31N5O7S. The van der Waals surface area contributed by atoms with Gasteiger partial charge in [-0.05, 0) is 12.1 Å². The number of hydrogen-bond donors (Lipinski definition) is 2. The first-order chi connectivity index (χ1) is 18.1. The first-order valence-corrected chi connectivity index (χ1v) is 12.7. The lowest BCUT2D eigenvalue weighted by Gasteiger charge is -2.35. The van der Waals surface area contributed by atoms with Crippen molar-refractivity contribution in [3.8, 4) is 0 Å². The van der Waals surface area contributed by atoms with Crippen LogP contribution in [0.1, 0.15) is 33.3 Å². The number of hydrogen-bond acceptors (Lipinski definition) is 13. The van der Waals surface area contributed by atoms with Crippen LogP contribution in [0.4, 0.5) is 0 Å². The van der Waals surface area contributed by atoms with E-state index in [-0.39, 0.29) is 6.61 Å². The number of thiol groups is 1. The van der Waals surface area contributed by atoms with Crippen LogP contribution in [0, 0.1) is 0 Å². The van der Waals surface area contributed by atoms with Gasteiger partial charge in [0.2, 0.25) is 0 Å². The molecule has 3 aliphatic heterocycles. The zero-order valence-electron chi connectivity index (χ0n) is 21.6. The SMILES string of the molecule is CCNC1N=C2C(=NC=NC2(S)Cc2ccccc2)N1[C@@H]1O[C@H](COC(C)=O)[C@@H](OC(C)=O)[C@H]1OC(C)=O. The van der Waals surface area contributed by atoms with Gasteiger partial charge in [0.25, 0.3) is 0 Å². The largest absolute Gasteiger partial charge is 0.463 e. The zero-order chi connectivity index (χ0) is 27.4. The van der Waals surface area contributed by atoms with E-state index in [9.17, 15) is 14.4 Å². The van der Waals surface area contributed by atoms with Crippen molar-refractivity contribution < 1.29 is 33.3 Å². The fourth-order valence-corrected chi connectivity index (χ4v) is 5.04. The maximum atomic E-state index is 12.1. The lowest BCUT2D eigenvalue weighted by molar-refractivity contribution is -0.167. The molecule has 13 heteroatoms. The molecule has 1 fully saturated rings. The maximum absolute atomic E-state index is 12.1. The van der Waals surface area contributed by atoms with E-state index in [4.69, 9.17) is 36.6 Å². The number of amidine groups is 1. The van der Waals surface area contributed by atoms with Crippen LogP contribution in [-0.4, -0.2) is 89.5 Å². The van der Waals surface area contributed by atoms with Crippen LogP contribution in [0.15, 0.2) is 45.3 Å². The van der Waals surface area contributed by atoms with Gasteiger partial charge in [0.1, 0.15) is 24.8 Å². The topological polar surface area (TPSA) is 140 Å². The first kappa shape index (κ1) is 27.7. The summed E-state index contributed by atoms with van der Waals surface area (Å²) in [5.74, 6) is -1.32. The molecule has 0 radical (unpaired) electrons. The van der Waals surface area contributed by atoms with E-state index >= 15 is 0 Å². The van der Waals surface area contributed by atoms with Gasteiger partial charge in [0.05, 0.1) is 0 Å². The van der Waals surface area contributed by atoms with Gasteiger partial charge in [-0.2, -0.15) is 0 Å². The molecule has 2 unspecified atom stereocenters. The zero-order valence-corrected chi connectivity index (χ0v) is 22.5. The lowest BCUT2D eigenvalue weighted by Crippen LogP contribution is -2.57. The van der Waals surface area contributed by atoms with Gasteiger partial charge in [0.15, 0.2) is 35.4 Å². The van der Waals surface area contributed by atoms with Crippen molar-refractivity contribution >= 4 is 48.4 Å². The number of fused-ring (bicyclic) bond motifs is 1. The van der Waals surface area contributed by atoms with Crippen molar-refractivity contribution in [1.29, 1.82) is 0 Å². The number of ether oxygens (including phenoxy) is 4. The van der Waals surface area contributed by atoms with Crippen LogP contribution >= 0.6 is 12.6 Å². The minimum atomic E-state index is -1.07. The summed E-state index contributed by atoms with van der Waals surface area (Å²) in [5, 5.41) is 3.28. The summed E-state index contributed by atoms with van der Waals surface area (Å²) in [7, 11) is 0. The Balaban J connectivity index is 1.71. The van der Waals surface area contributed by atoms with Crippen LogP contribution in [0.3, 0.4) is 0 Å². The van der Waals surface area contributed by atoms with Gasteiger partial charge in [-0.15, -0.1) is 12.6 Å². The number of carbonyl (C=O) groups is 3. The summed E-state index contributed by atoms with van der Waals surface area (Å²) in [6.45, 7) is 5.99. The first-order valence-electron chi connectivity index (χ1n) is 12.2. The predicted octanol–water partition coefficient (Wildman–Crippen LogP) is 1.10. The maximum Gasteiger partial charge on any atom is 0.303 e. The number of esters is 3. The molecule has 0 amide bonds. The molecule has 1 N–H and O–H groups in total. The summed E-state index contributed by atoms with van der Waals surface area (Å²) in [5.41, 5.74) is 1.52. The Hall–Kier alpha value is -3.29. The molecule has 4 rings (SSSR count). The van der Waals surface area contributed by atoms with Crippen LogP contribution in [0.25, 0.3) is 0 Å². The van der Waals surface area contributed by atoms with Crippen LogP contribution < -0.4 is 5.32 Å². The molecule has 204 valence electrons. The number of aliphatic imine (C=N–C) groups is 3. The third kappa shape index (κ3) is 5.89. The monoisotopic (exact) mass is 545 g/mol. The molecule has 12 nitrogen and oxygen atoms in total. The minimum Gasteiger partial charge on any atom is -0.463 e. The molecule has 0 spiro atoms. The molecule has 1 saturated heterocycles. The number of rotatable bonds is 9. The van der Waals surface area contributed by atoms with E-state index in [0.29, 0.717) is 24.5 Å². The summed E-state index contributed by atoms with van der Waals surface area (Å²) in [6, 6.07) is 9.77. The van der Waals surface area contributed by atoms with Crippen molar-refractivity contribution in [2.75, 3.05) is 13.2 Å². The van der Waals surface area contributed by atoms with Gasteiger partial charge in [-0.25, -0.2) is 15.0 Å². The third-order valence-corrected chi connectivity index (χ3v) is 6.58. The summed E-state index contributed by atoms with van der Waals surface area (Å²) in [4.78, 5) is 50.2. The van der Waals surface area contributed by atoms with Crippen LogP contribution in [-0.2, 0) is 39.8 Å². The Labute approximate surface area is 225 Å². The molecule has 6 atom stereocenters. The van der Waals surface area contributed by atoms with Crippen LogP contribution in [0.5, 0.6) is 0 Å². The molecule has 0 saturated carbocycles. The lowest BCUT2D eigenvalue weighted by atomic mass is 10.00. The standard InChI is InChI=1S/C25H31N5O7S/c1-5-26-24-29-21-22(27-13-28-25(21,38)11-17-9-7-6-8-10-17)30(24)23-20(36-16(4)33)19(35-15(3)32)18(37-23)12-34-14(2)31/h6-10,13,18-20,23-24,26,38H,5,11-12H2,1-4H3/t18-,19-,20-,23-,24?,25?/m1/s1. The van der Waals surface area contributed by atoms with Crippen molar-refractivity contribution in [3.05, 3.63) is 35.9 Å². The predicted molar refractivity (Wildman–Crippen MR) is 141 cm³/mol. The van der Waals surface area contributed by atoms with Crippen molar-refractivity contribution in [1.82, 2.24) is 10.2 Å². The number of nitrogens with one attached hydrogen (secondary N) is 1. The fourth-order valence-electron chi connectivity index (χ4n) is 4.64. The average molecular weight is 546 g/mol. The van der Waals surface area contributed by atoms with Crippen molar-refractivity contribution in [2.24, 2.45) is 15.0 Å². The van der Waals surface area contributed by atoms with Crippen LogP contribution in [0.2, 0.25) is 0 Å². The molecule has 38 heavy (non-hydrogen) atoms. The van der Waals surface area contributed by atoms with E-state index < -0.39 is 53.6 Å². The van der Waals surface area contributed by atoms with E-state index in [2.05, 4.69) is 15.3 Å².